The molecule has 0 aromatic heterocycles. The first-order chi connectivity index (χ1) is 8.93. The van der Waals surface area contributed by atoms with Crippen LogP contribution in [0.2, 0.25) is 0 Å². The lowest BCUT2D eigenvalue weighted by atomic mass is 9.87. The van der Waals surface area contributed by atoms with E-state index in [2.05, 4.69) is 17.6 Å². The Kier molecular flexibility index (Phi) is 6.12. The van der Waals surface area contributed by atoms with E-state index in [1.807, 2.05) is 13.8 Å². The van der Waals surface area contributed by atoms with Crippen LogP contribution in [-0.4, -0.2) is 24.0 Å². The summed E-state index contributed by atoms with van der Waals surface area (Å²) in [6.45, 7) is 6.19. The van der Waals surface area contributed by atoms with E-state index >= 15 is 0 Å². The summed E-state index contributed by atoms with van der Waals surface area (Å²) >= 11 is 0. The molecule has 2 atom stereocenters. The van der Waals surface area contributed by atoms with E-state index in [0.717, 1.165) is 38.0 Å². The number of hydrogen-bond acceptors (Lipinski definition) is 2. The Bertz CT molecular complexity index is 312. The molecule has 1 aliphatic carbocycles. The van der Waals surface area contributed by atoms with Crippen LogP contribution in [0.4, 0.5) is 4.79 Å². The second-order valence-electron chi connectivity index (χ2n) is 5.84. The second-order valence-corrected chi connectivity index (χ2v) is 5.84. The van der Waals surface area contributed by atoms with Gasteiger partial charge in [0.05, 0.1) is 0 Å². The molecular formula is C14H27N3O2. The van der Waals surface area contributed by atoms with E-state index in [4.69, 9.17) is 5.73 Å². The lowest BCUT2D eigenvalue weighted by Gasteiger charge is -2.30. The van der Waals surface area contributed by atoms with Gasteiger partial charge in [-0.05, 0) is 37.5 Å². The van der Waals surface area contributed by atoms with Gasteiger partial charge in [0.2, 0.25) is 5.91 Å². The fraction of sp³-hybridized carbons (Fsp3) is 0.857. The monoisotopic (exact) mass is 269 g/mol. The fourth-order valence-corrected chi connectivity index (χ4v) is 2.55. The van der Waals surface area contributed by atoms with Gasteiger partial charge < -0.3 is 16.4 Å². The molecular weight excluding hydrogens is 242 g/mol. The maximum Gasteiger partial charge on any atom is 0.312 e. The van der Waals surface area contributed by atoms with Gasteiger partial charge >= 0.3 is 6.03 Å². The third-order valence-corrected chi connectivity index (χ3v) is 4.16. The standard InChI is InChI=1S/C14H27N3O2/c1-4-10(3)12(17-14(15)19)13(18)16-11-7-5-9(2)6-8-11/h9-12H,4-8H2,1-3H3,(H,16,18)(H3,15,17,19)/t9?,10-,11?,12+/m1/s1. The fourth-order valence-electron chi connectivity index (χ4n) is 2.55. The molecule has 1 aliphatic rings. The van der Waals surface area contributed by atoms with Crippen LogP contribution >= 0.6 is 0 Å². The Morgan fingerprint density at radius 2 is 1.84 bits per heavy atom. The van der Waals surface area contributed by atoms with Crippen LogP contribution in [0, 0.1) is 11.8 Å². The van der Waals surface area contributed by atoms with Crippen molar-refractivity contribution in [3.63, 3.8) is 0 Å². The van der Waals surface area contributed by atoms with Crippen molar-refractivity contribution in [2.24, 2.45) is 17.6 Å². The summed E-state index contributed by atoms with van der Waals surface area (Å²) in [5, 5.41) is 5.61. The molecule has 19 heavy (non-hydrogen) atoms. The first-order valence-electron chi connectivity index (χ1n) is 7.30. The average molecular weight is 269 g/mol. The predicted octanol–water partition coefficient (Wildman–Crippen LogP) is 1.76. The molecule has 1 fully saturated rings. The lowest BCUT2D eigenvalue weighted by molar-refractivity contribution is -0.125. The van der Waals surface area contributed by atoms with Crippen LogP contribution in [0.1, 0.15) is 52.9 Å². The zero-order valence-electron chi connectivity index (χ0n) is 12.2. The molecule has 0 unspecified atom stereocenters. The molecule has 0 aliphatic heterocycles. The van der Waals surface area contributed by atoms with Crippen molar-refractivity contribution in [3.8, 4) is 0 Å². The minimum absolute atomic E-state index is 0.0787. The highest BCUT2D eigenvalue weighted by molar-refractivity contribution is 5.86. The minimum atomic E-state index is -0.641. The summed E-state index contributed by atoms with van der Waals surface area (Å²) in [7, 11) is 0. The van der Waals surface area contributed by atoms with E-state index in [1.165, 1.54) is 0 Å². The molecule has 5 heteroatoms. The lowest BCUT2D eigenvalue weighted by Crippen LogP contribution is -2.54. The number of carbonyl (C=O) groups is 2. The van der Waals surface area contributed by atoms with Crippen molar-refractivity contribution < 1.29 is 9.59 Å². The number of carbonyl (C=O) groups excluding carboxylic acids is 2. The summed E-state index contributed by atoms with van der Waals surface area (Å²) in [6, 6.07) is -0.926. The maximum absolute atomic E-state index is 12.2. The molecule has 0 radical (unpaired) electrons. The zero-order chi connectivity index (χ0) is 14.4. The van der Waals surface area contributed by atoms with Gasteiger partial charge in [-0.25, -0.2) is 4.79 Å². The van der Waals surface area contributed by atoms with Crippen molar-refractivity contribution in [2.45, 2.75) is 65.0 Å². The van der Waals surface area contributed by atoms with Gasteiger partial charge in [-0.3, -0.25) is 4.79 Å². The summed E-state index contributed by atoms with van der Waals surface area (Å²) in [5.74, 6) is 0.727. The molecule has 1 rings (SSSR count). The third kappa shape index (κ3) is 5.09. The summed E-state index contributed by atoms with van der Waals surface area (Å²) in [5.41, 5.74) is 5.14. The first-order valence-corrected chi connectivity index (χ1v) is 7.30. The Morgan fingerprint density at radius 3 is 2.32 bits per heavy atom. The molecule has 0 aromatic carbocycles. The number of urea groups is 1. The quantitative estimate of drug-likeness (QED) is 0.710. The zero-order valence-corrected chi connectivity index (χ0v) is 12.2. The highest BCUT2D eigenvalue weighted by atomic mass is 16.2. The third-order valence-electron chi connectivity index (χ3n) is 4.16. The molecule has 0 bridgehead atoms. The van der Waals surface area contributed by atoms with Crippen LogP contribution < -0.4 is 16.4 Å². The number of primary amides is 1. The van der Waals surface area contributed by atoms with E-state index in [0.29, 0.717) is 0 Å². The molecule has 110 valence electrons. The number of rotatable bonds is 5. The minimum Gasteiger partial charge on any atom is -0.352 e. The van der Waals surface area contributed by atoms with E-state index in [1.54, 1.807) is 0 Å². The van der Waals surface area contributed by atoms with Crippen molar-refractivity contribution >= 4 is 11.9 Å². The van der Waals surface area contributed by atoms with Gasteiger partial charge in [-0.2, -0.15) is 0 Å². The smallest absolute Gasteiger partial charge is 0.312 e. The van der Waals surface area contributed by atoms with Crippen LogP contribution in [0.5, 0.6) is 0 Å². The van der Waals surface area contributed by atoms with Gasteiger partial charge in [0, 0.05) is 6.04 Å². The highest BCUT2D eigenvalue weighted by Gasteiger charge is 2.28. The van der Waals surface area contributed by atoms with Crippen LogP contribution in [0.3, 0.4) is 0 Å². The average Bonchev–Trinajstić information content (AvgIpc) is 2.37. The first kappa shape index (κ1) is 15.8. The van der Waals surface area contributed by atoms with E-state index < -0.39 is 12.1 Å². The SMILES string of the molecule is CC[C@@H](C)[C@H](NC(N)=O)C(=O)NC1CCC(C)CC1. The molecule has 3 amide bonds. The van der Waals surface area contributed by atoms with Crippen LogP contribution in [0.25, 0.3) is 0 Å². The van der Waals surface area contributed by atoms with Crippen molar-refractivity contribution in [1.82, 2.24) is 10.6 Å². The highest BCUT2D eigenvalue weighted by Crippen LogP contribution is 2.23. The number of hydrogen-bond donors (Lipinski definition) is 3. The van der Waals surface area contributed by atoms with Gasteiger partial charge in [0.1, 0.15) is 6.04 Å². The molecule has 5 nitrogen and oxygen atoms in total. The second kappa shape index (κ2) is 7.36. The van der Waals surface area contributed by atoms with Crippen LogP contribution in [0.15, 0.2) is 0 Å². The Balaban J connectivity index is 2.53. The molecule has 0 spiro atoms. The Hall–Kier alpha value is -1.26. The molecule has 4 N–H and O–H groups in total. The molecule has 0 heterocycles. The van der Waals surface area contributed by atoms with Crippen molar-refractivity contribution in [3.05, 3.63) is 0 Å². The topological polar surface area (TPSA) is 84.2 Å². The van der Waals surface area contributed by atoms with E-state index in [-0.39, 0.29) is 17.9 Å². The van der Waals surface area contributed by atoms with Gasteiger partial charge in [-0.1, -0.05) is 27.2 Å². The maximum atomic E-state index is 12.2. The Morgan fingerprint density at radius 1 is 1.26 bits per heavy atom. The summed E-state index contributed by atoms with van der Waals surface area (Å²) in [6.07, 6.45) is 5.18. The molecule has 1 saturated carbocycles. The van der Waals surface area contributed by atoms with Crippen molar-refractivity contribution in [2.75, 3.05) is 0 Å². The number of nitrogens with two attached hydrogens (primary N) is 1. The van der Waals surface area contributed by atoms with Gasteiger partial charge in [0.25, 0.3) is 0 Å². The largest absolute Gasteiger partial charge is 0.352 e. The number of amides is 3. The summed E-state index contributed by atoms with van der Waals surface area (Å²) < 4.78 is 0. The van der Waals surface area contributed by atoms with Crippen molar-refractivity contribution in [1.29, 1.82) is 0 Å². The van der Waals surface area contributed by atoms with E-state index in [9.17, 15) is 9.59 Å². The van der Waals surface area contributed by atoms with Gasteiger partial charge in [0.15, 0.2) is 0 Å². The Labute approximate surface area is 115 Å². The summed E-state index contributed by atoms with van der Waals surface area (Å²) in [4.78, 5) is 23.2. The molecule has 0 aromatic rings. The number of nitrogens with one attached hydrogen (secondary N) is 2. The van der Waals surface area contributed by atoms with Gasteiger partial charge in [-0.15, -0.1) is 0 Å². The normalized spacial score (nSPS) is 26.3. The van der Waals surface area contributed by atoms with Crippen LogP contribution in [-0.2, 0) is 4.79 Å². The molecule has 0 saturated heterocycles. The predicted molar refractivity (Wildman–Crippen MR) is 75.5 cm³/mol.